The van der Waals surface area contributed by atoms with Gasteiger partial charge in [0.05, 0.1) is 18.1 Å². The van der Waals surface area contributed by atoms with Gasteiger partial charge >= 0.3 is 6.03 Å². The molecule has 3 rings (SSSR count). The number of carbonyl (C=O) groups is 1. The zero-order chi connectivity index (χ0) is 20.1. The number of hydrogen-bond donors (Lipinski definition) is 2. The summed E-state index contributed by atoms with van der Waals surface area (Å²) in [6.45, 7) is 9.28. The highest BCUT2D eigenvalue weighted by Crippen LogP contribution is 2.16. The quantitative estimate of drug-likeness (QED) is 0.798. The number of para-hydroxylation sites is 1. The minimum absolute atomic E-state index is 0.295. The molecule has 0 unspecified atom stereocenters. The SMILES string of the molecule is CN1CCN(CCC(C)(C)NC(=O)Nc2cnn(-c3ccccc3F)c2)CC1. The van der Waals surface area contributed by atoms with Crippen molar-refractivity contribution >= 4 is 11.7 Å². The molecule has 1 fully saturated rings. The molecule has 0 atom stereocenters. The number of likely N-dealkylation sites (N-methyl/N-ethyl adjacent to an activating group) is 1. The lowest BCUT2D eigenvalue weighted by molar-refractivity contribution is 0.143. The summed E-state index contributed by atoms with van der Waals surface area (Å²) in [4.78, 5) is 17.1. The minimum Gasteiger partial charge on any atom is -0.333 e. The van der Waals surface area contributed by atoms with E-state index < -0.39 is 0 Å². The fraction of sp³-hybridized carbons (Fsp3) is 0.500. The third kappa shape index (κ3) is 5.53. The minimum atomic E-state index is -0.369. The number of anilines is 1. The number of piperazine rings is 1. The molecule has 0 radical (unpaired) electrons. The summed E-state index contributed by atoms with van der Waals surface area (Å²) in [6, 6.07) is 6.08. The second-order valence-electron chi connectivity index (χ2n) is 7.98. The van der Waals surface area contributed by atoms with Crippen LogP contribution < -0.4 is 10.6 Å². The first-order chi connectivity index (χ1) is 13.3. The third-order valence-electron chi connectivity index (χ3n) is 5.04. The maximum atomic E-state index is 13.9. The number of aromatic nitrogens is 2. The van der Waals surface area contributed by atoms with Gasteiger partial charge in [0.1, 0.15) is 11.5 Å². The average molecular weight is 388 g/mol. The molecule has 7 nitrogen and oxygen atoms in total. The van der Waals surface area contributed by atoms with Gasteiger partial charge in [-0.2, -0.15) is 5.10 Å². The standard InChI is InChI=1S/C20H29FN6O/c1-20(2,8-9-26-12-10-25(3)11-13-26)24-19(28)23-16-14-22-27(15-16)18-7-5-4-6-17(18)21/h4-7,14-15H,8-13H2,1-3H3,(H2,23,24,28). The number of urea groups is 1. The van der Waals surface area contributed by atoms with E-state index in [4.69, 9.17) is 0 Å². The zero-order valence-electron chi connectivity index (χ0n) is 16.8. The second-order valence-corrected chi connectivity index (χ2v) is 7.98. The van der Waals surface area contributed by atoms with E-state index >= 15 is 0 Å². The van der Waals surface area contributed by atoms with Crippen molar-refractivity contribution < 1.29 is 9.18 Å². The molecular formula is C20H29FN6O. The van der Waals surface area contributed by atoms with Crippen molar-refractivity contribution in [2.75, 3.05) is 45.1 Å². The van der Waals surface area contributed by atoms with E-state index in [0.717, 1.165) is 39.1 Å². The van der Waals surface area contributed by atoms with Gasteiger partial charge in [-0.15, -0.1) is 0 Å². The van der Waals surface area contributed by atoms with Crippen LogP contribution in [0.4, 0.5) is 14.9 Å². The molecule has 2 N–H and O–H groups in total. The van der Waals surface area contributed by atoms with E-state index in [2.05, 4.69) is 32.6 Å². The van der Waals surface area contributed by atoms with E-state index in [-0.39, 0.29) is 17.4 Å². The molecule has 0 bridgehead atoms. The molecule has 0 aliphatic carbocycles. The van der Waals surface area contributed by atoms with E-state index in [0.29, 0.717) is 11.4 Å². The Hall–Kier alpha value is -2.45. The van der Waals surface area contributed by atoms with Crippen LogP contribution in [0.25, 0.3) is 5.69 Å². The number of nitrogens with zero attached hydrogens (tertiary/aromatic N) is 4. The van der Waals surface area contributed by atoms with Crippen LogP contribution in [0.1, 0.15) is 20.3 Å². The first kappa shape index (κ1) is 20.3. The average Bonchev–Trinajstić information content (AvgIpc) is 3.09. The molecule has 1 aromatic carbocycles. The first-order valence-electron chi connectivity index (χ1n) is 9.62. The summed E-state index contributed by atoms with van der Waals surface area (Å²) in [7, 11) is 2.14. The normalized spacial score (nSPS) is 16.1. The molecule has 2 amide bonds. The molecule has 1 aliphatic heterocycles. The Morgan fingerprint density at radius 1 is 1.21 bits per heavy atom. The molecule has 152 valence electrons. The third-order valence-corrected chi connectivity index (χ3v) is 5.04. The summed E-state index contributed by atoms with van der Waals surface area (Å²) in [5.41, 5.74) is 0.508. The molecule has 1 aromatic heterocycles. The fourth-order valence-electron chi connectivity index (χ4n) is 3.20. The van der Waals surface area contributed by atoms with Crippen molar-refractivity contribution in [3.63, 3.8) is 0 Å². The van der Waals surface area contributed by atoms with Crippen LogP contribution in [0.5, 0.6) is 0 Å². The van der Waals surface area contributed by atoms with Gasteiger partial charge in [-0.25, -0.2) is 13.9 Å². The van der Waals surface area contributed by atoms with Crippen molar-refractivity contribution in [1.29, 1.82) is 0 Å². The number of halogens is 1. The Bertz CT molecular complexity index is 797. The van der Waals surface area contributed by atoms with Crippen LogP contribution in [-0.4, -0.2) is 70.9 Å². The number of hydrogen-bond acceptors (Lipinski definition) is 4. The fourth-order valence-corrected chi connectivity index (χ4v) is 3.20. The van der Waals surface area contributed by atoms with Crippen molar-refractivity contribution in [1.82, 2.24) is 24.9 Å². The Labute approximate surface area is 165 Å². The Morgan fingerprint density at radius 2 is 1.93 bits per heavy atom. The lowest BCUT2D eigenvalue weighted by Gasteiger charge is -2.35. The molecule has 0 spiro atoms. The van der Waals surface area contributed by atoms with Gasteiger partial charge in [-0.1, -0.05) is 12.1 Å². The number of carbonyl (C=O) groups excluding carboxylic acids is 1. The van der Waals surface area contributed by atoms with Crippen LogP contribution in [0.2, 0.25) is 0 Å². The van der Waals surface area contributed by atoms with Crippen molar-refractivity contribution in [3.8, 4) is 5.69 Å². The molecule has 0 saturated carbocycles. The number of rotatable bonds is 6. The van der Waals surface area contributed by atoms with Crippen LogP contribution in [0.15, 0.2) is 36.7 Å². The molecule has 1 saturated heterocycles. The lowest BCUT2D eigenvalue weighted by Crippen LogP contribution is -2.50. The van der Waals surface area contributed by atoms with E-state index in [1.54, 1.807) is 24.4 Å². The van der Waals surface area contributed by atoms with Gasteiger partial charge < -0.3 is 20.4 Å². The van der Waals surface area contributed by atoms with Gasteiger partial charge in [-0.3, -0.25) is 0 Å². The van der Waals surface area contributed by atoms with Crippen LogP contribution in [0, 0.1) is 5.82 Å². The van der Waals surface area contributed by atoms with E-state index in [9.17, 15) is 9.18 Å². The molecule has 8 heteroatoms. The second kappa shape index (κ2) is 8.70. The van der Waals surface area contributed by atoms with Gasteiger partial charge in [0.15, 0.2) is 0 Å². The predicted octanol–water partition coefficient (Wildman–Crippen LogP) is 2.55. The maximum Gasteiger partial charge on any atom is 0.319 e. The summed E-state index contributed by atoms with van der Waals surface area (Å²) >= 11 is 0. The molecule has 2 heterocycles. The molecule has 1 aliphatic rings. The molecule has 2 aromatic rings. The topological polar surface area (TPSA) is 65.4 Å². The van der Waals surface area contributed by atoms with Crippen LogP contribution in [-0.2, 0) is 0 Å². The summed E-state index contributed by atoms with van der Waals surface area (Å²) in [6.07, 6.45) is 3.96. The summed E-state index contributed by atoms with van der Waals surface area (Å²) < 4.78 is 15.3. The largest absolute Gasteiger partial charge is 0.333 e. The lowest BCUT2D eigenvalue weighted by atomic mass is 10.0. The Morgan fingerprint density at radius 3 is 2.64 bits per heavy atom. The number of nitrogens with one attached hydrogen (secondary N) is 2. The smallest absolute Gasteiger partial charge is 0.319 e. The van der Waals surface area contributed by atoms with Crippen LogP contribution in [0.3, 0.4) is 0 Å². The van der Waals surface area contributed by atoms with Gasteiger partial charge in [0, 0.05) is 38.3 Å². The van der Waals surface area contributed by atoms with Crippen molar-refractivity contribution in [2.45, 2.75) is 25.8 Å². The highest BCUT2D eigenvalue weighted by Gasteiger charge is 2.23. The van der Waals surface area contributed by atoms with Gasteiger partial charge in [0.2, 0.25) is 0 Å². The summed E-state index contributed by atoms with van der Waals surface area (Å²) in [5, 5.41) is 9.91. The number of amides is 2. The van der Waals surface area contributed by atoms with Gasteiger partial charge in [-0.05, 0) is 39.4 Å². The Kier molecular flexibility index (Phi) is 6.31. The highest BCUT2D eigenvalue weighted by molar-refractivity contribution is 5.89. The first-order valence-corrected chi connectivity index (χ1v) is 9.62. The summed E-state index contributed by atoms with van der Waals surface area (Å²) in [5.74, 6) is -0.369. The predicted molar refractivity (Wildman–Crippen MR) is 108 cm³/mol. The number of benzene rings is 1. The van der Waals surface area contributed by atoms with Crippen LogP contribution >= 0.6 is 0 Å². The Balaban J connectivity index is 1.50. The maximum absolute atomic E-state index is 13.9. The van der Waals surface area contributed by atoms with Crippen molar-refractivity contribution in [3.05, 3.63) is 42.5 Å². The molecule has 28 heavy (non-hydrogen) atoms. The van der Waals surface area contributed by atoms with Crippen molar-refractivity contribution in [2.24, 2.45) is 0 Å². The van der Waals surface area contributed by atoms with E-state index in [1.807, 2.05) is 13.8 Å². The van der Waals surface area contributed by atoms with Gasteiger partial charge in [0.25, 0.3) is 0 Å². The molecular weight excluding hydrogens is 359 g/mol. The highest BCUT2D eigenvalue weighted by atomic mass is 19.1. The monoisotopic (exact) mass is 388 g/mol. The van der Waals surface area contributed by atoms with E-state index in [1.165, 1.54) is 16.9 Å². The zero-order valence-corrected chi connectivity index (χ0v) is 16.8.